The Morgan fingerprint density at radius 1 is 1.75 bits per heavy atom. The number of rotatable bonds is 3. The molecule has 66 valence electrons. The van der Waals surface area contributed by atoms with E-state index in [1.807, 2.05) is 6.92 Å². The first-order valence-electron chi connectivity index (χ1n) is 3.83. The first-order valence-corrected chi connectivity index (χ1v) is 3.83. The van der Waals surface area contributed by atoms with Crippen LogP contribution in [0.15, 0.2) is 6.20 Å². The molecular formula is C7H11N3O2. The van der Waals surface area contributed by atoms with Gasteiger partial charge in [-0.25, -0.2) is 0 Å². The number of aromatic nitrogens is 2. The van der Waals surface area contributed by atoms with E-state index < -0.39 is 4.92 Å². The minimum atomic E-state index is -0.408. The van der Waals surface area contributed by atoms with E-state index in [9.17, 15) is 10.1 Å². The molecule has 1 aromatic heterocycles. The van der Waals surface area contributed by atoms with Crippen LogP contribution in [0.1, 0.15) is 19.0 Å². The van der Waals surface area contributed by atoms with Crippen LogP contribution in [0.4, 0.5) is 5.69 Å². The highest BCUT2D eigenvalue weighted by molar-refractivity contribution is 5.31. The summed E-state index contributed by atoms with van der Waals surface area (Å²) in [6.07, 6.45) is 2.23. The van der Waals surface area contributed by atoms with Crippen molar-refractivity contribution >= 4 is 5.69 Å². The molecule has 0 aliphatic carbocycles. The van der Waals surface area contributed by atoms with Gasteiger partial charge in [0.25, 0.3) is 0 Å². The number of nitro groups is 1. The smallest absolute Gasteiger partial charge is 0.263 e. The first-order chi connectivity index (χ1) is 5.66. The second-order valence-corrected chi connectivity index (χ2v) is 2.60. The molecule has 5 nitrogen and oxygen atoms in total. The summed E-state index contributed by atoms with van der Waals surface area (Å²) >= 11 is 0. The quantitative estimate of drug-likeness (QED) is 0.509. The zero-order chi connectivity index (χ0) is 9.14. The largest absolute Gasteiger partial charge is 0.309 e. The lowest BCUT2D eigenvalue weighted by Gasteiger charge is -1.98. The Morgan fingerprint density at radius 2 is 2.42 bits per heavy atom. The number of hydrogen-bond acceptors (Lipinski definition) is 3. The second kappa shape index (κ2) is 3.34. The third-order valence-electron chi connectivity index (χ3n) is 1.71. The van der Waals surface area contributed by atoms with Crippen molar-refractivity contribution < 1.29 is 4.92 Å². The van der Waals surface area contributed by atoms with E-state index in [0.717, 1.165) is 13.0 Å². The third-order valence-corrected chi connectivity index (χ3v) is 1.71. The van der Waals surface area contributed by atoms with Crippen LogP contribution in [-0.2, 0) is 6.54 Å². The molecule has 12 heavy (non-hydrogen) atoms. The van der Waals surface area contributed by atoms with E-state index in [1.165, 1.54) is 6.20 Å². The van der Waals surface area contributed by atoms with Crippen LogP contribution in [0, 0.1) is 17.0 Å². The van der Waals surface area contributed by atoms with Crippen LogP contribution in [0.3, 0.4) is 0 Å². The summed E-state index contributed by atoms with van der Waals surface area (Å²) in [5.74, 6) is 0. The average Bonchev–Trinajstić information content (AvgIpc) is 2.34. The van der Waals surface area contributed by atoms with Gasteiger partial charge in [0.15, 0.2) is 0 Å². The highest BCUT2D eigenvalue weighted by atomic mass is 16.6. The molecular weight excluding hydrogens is 158 g/mol. The summed E-state index contributed by atoms with van der Waals surface area (Å²) in [5.41, 5.74) is 0.727. The molecule has 0 spiro atoms. The number of nitrogens with zero attached hydrogens (tertiary/aromatic N) is 3. The number of hydrogen-bond donors (Lipinski definition) is 0. The Bertz CT molecular complexity index is 293. The first kappa shape index (κ1) is 8.70. The van der Waals surface area contributed by atoms with Crippen molar-refractivity contribution in [3.8, 4) is 0 Å². The number of aryl methyl sites for hydroxylation is 1. The fourth-order valence-corrected chi connectivity index (χ4v) is 1.05. The van der Waals surface area contributed by atoms with Crippen molar-refractivity contribution in [3.63, 3.8) is 0 Å². The van der Waals surface area contributed by atoms with Crippen molar-refractivity contribution in [2.75, 3.05) is 0 Å². The Kier molecular flexibility index (Phi) is 2.42. The minimum Gasteiger partial charge on any atom is -0.263 e. The van der Waals surface area contributed by atoms with Crippen LogP contribution in [-0.4, -0.2) is 14.7 Å². The van der Waals surface area contributed by atoms with Crippen molar-refractivity contribution in [2.24, 2.45) is 0 Å². The van der Waals surface area contributed by atoms with Gasteiger partial charge >= 0.3 is 5.69 Å². The Balaban J connectivity index is 2.96. The topological polar surface area (TPSA) is 61.0 Å². The predicted molar refractivity (Wildman–Crippen MR) is 43.9 cm³/mol. The van der Waals surface area contributed by atoms with Gasteiger partial charge in [-0.1, -0.05) is 6.92 Å². The molecule has 0 bridgehead atoms. The summed E-state index contributed by atoms with van der Waals surface area (Å²) in [6.45, 7) is 4.45. The van der Waals surface area contributed by atoms with E-state index in [-0.39, 0.29) is 5.69 Å². The SMILES string of the molecule is CCCn1ncc([N+](=O)[O-])c1C. The van der Waals surface area contributed by atoms with Gasteiger partial charge in [0.2, 0.25) is 0 Å². The third kappa shape index (κ3) is 1.44. The van der Waals surface area contributed by atoms with Crippen molar-refractivity contribution in [1.82, 2.24) is 9.78 Å². The van der Waals surface area contributed by atoms with Crippen molar-refractivity contribution in [3.05, 3.63) is 22.0 Å². The van der Waals surface area contributed by atoms with Crippen LogP contribution in [0.5, 0.6) is 0 Å². The Hall–Kier alpha value is -1.39. The summed E-state index contributed by atoms with van der Waals surface area (Å²) in [7, 11) is 0. The lowest BCUT2D eigenvalue weighted by atomic mass is 10.4. The van der Waals surface area contributed by atoms with Gasteiger partial charge in [0.1, 0.15) is 11.9 Å². The molecule has 0 saturated carbocycles. The zero-order valence-electron chi connectivity index (χ0n) is 7.15. The fraction of sp³-hybridized carbons (Fsp3) is 0.571. The molecule has 0 amide bonds. The lowest BCUT2D eigenvalue weighted by Crippen LogP contribution is -2.01. The maximum atomic E-state index is 10.4. The van der Waals surface area contributed by atoms with Gasteiger partial charge in [-0.2, -0.15) is 5.10 Å². The molecule has 0 atom stereocenters. The molecule has 0 aliphatic rings. The monoisotopic (exact) mass is 169 g/mol. The summed E-state index contributed by atoms with van der Waals surface area (Å²) < 4.78 is 1.65. The second-order valence-electron chi connectivity index (χ2n) is 2.60. The van der Waals surface area contributed by atoms with Gasteiger partial charge in [-0.05, 0) is 13.3 Å². The van der Waals surface area contributed by atoms with Crippen molar-refractivity contribution in [1.29, 1.82) is 0 Å². The highest BCUT2D eigenvalue weighted by Gasteiger charge is 2.14. The van der Waals surface area contributed by atoms with Crippen molar-refractivity contribution in [2.45, 2.75) is 26.8 Å². The normalized spacial score (nSPS) is 10.2. The molecule has 0 aromatic carbocycles. The Labute approximate surface area is 70.2 Å². The summed E-state index contributed by atoms with van der Waals surface area (Å²) in [4.78, 5) is 9.98. The maximum absolute atomic E-state index is 10.4. The molecule has 1 aromatic rings. The highest BCUT2D eigenvalue weighted by Crippen LogP contribution is 2.15. The van der Waals surface area contributed by atoms with Crippen LogP contribution in [0.25, 0.3) is 0 Å². The fourth-order valence-electron chi connectivity index (χ4n) is 1.05. The Morgan fingerprint density at radius 3 is 2.83 bits per heavy atom. The zero-order valence-corrected chi connectivity index (χ0v) is 7.15. The van der Waals surface area contributed by atoms with E-state index >= 15 is 0 Å². The van der Waals surface area contributed by atoms with Crippen LogP contribution < -0.4 is 0 Å². The van der Waals surface area contributed by atoms with E-state index in [4.69, 9.17) is 0 Å². The maximum Gasteiger partial charge on any atom is 0.309 e. The van der Waals surface area contributed by atoms with Gasteiger partial charge in [-0.15, -0.1) is 0 Å². The molecule has 0 fully saturated rings. The molecule has 0 saturated heterocycles. The van der Waals surface area contributed by atoms with E-state index in [1.54, 1.807) is 11.6 Å². The lowest BCUT2D eigenvalue weighted by molar-refractivity contribution is -0.385. The molecule has 0 aliphatic heterocycles. The molecule has 1 rings (SSSR count). The van der Waals surface area contributed by atoms with Crippen LogP contribution >= 0.6 is 0 Å². The van der Waals surface area contributed by atoms with Gasteiger partial charge in [0, 0.05) is 6.54 Å². The molecule has 1 heterocycles. The molecule has 0 radical (unpaired) electrons. The van der Waals surface area contributed by atoms with E-state index in [0.29, 0.717) is 5.69 Å². The standard InChI is InChI=1S/C7H11N3O2/c1-3-4-9-6(2)7(5-8-9)10(11)12/h5H,3-4H2,1-2H3. The van der Waals surface area contributed by atoms with Gasteiger partial charge < -0.3 is 0 Å². The molecule has 0 unspecified atom stereocenters. The molecule has 5 heteroatoms. The van der Waals surface area contributed by atoms with Gasteiger partial charge in [-0.3, -0.25) is 14.8 Å². The minimum absolute atomic E-state index is 0.100. The summed E-state index contributed by atoms with van der Waals surface area (Å²) in [5, 5.41) is 14.3. The van der Waals surface area contributed by atoms with Gasteiger partial charge in [0.05, 0.1) is 4.92 Å². The molecule has 0 N–H and O–H groups in total. The van der Waals surface area contributed by atoms with E-state index in [2.05, 4.69) is 5.10 Å². The summed E-state index contributed by atoms with van der Waals surface area (Å²) in [6, 6.07) is 0. The predicted octanol–water partition coefficient (Wildman–Crippen LogP) is 1.51. The average molecular weight is 169 g/mol. The van der Waals surface area contributed by atoms with Crippen LogP contribution in [0.2, 0.25) is 0 Å².